The van der Waals surface area contributed by atoms with Crippen molar-refractivity contribution in [3.8, 4) is 17.2 Å². The van der Waals surface area contributed by atoms with Gasteiger partial charge in [0, 0.05) is 12.2 Å². The van der Waals surface area contributed by atoms with Gasteiger partial charge in [-0.25, -0.2) is 0 Å². The fourth-order valence-electron chi connectivity index (χ4n) is 1.87. The second kappa shape index (κ2) is 8.14. The largest absolute Gasteiger partial charge is 0.497 e. The summed E-state index contributed by atoms with van der Waals surface area (Å²) in [5.41, 5.74) is 0.921. The summed E-state index contributed by atoms with van der Waals surface area (Å²) in [6, 6.07) is 14.8. The highest BCUT2D eigenvalue weighted by Gasteiger charge is 2.05. The average molecular weight is 303 g/mol. The first-order valence-corrected chi connectivity index (χ1v) is 7.04. The molecule has 0 aliphatic rings. The second-order valence-electron chi connectivity index (χ2n) is 4.75. The molecule has 22 heavy (non-hydrogen) atoms. The summed E-state index contributed by atoms with van der Waals surface area (Å²) >= 11 is 0. The number of anilines is 1. The van der Waals surface area contributed by atoms with Gasteiger partial charge in [0.1, 0.15) is 30.0 Å². The molecule has 2 aromatic carbocycles. The van der Waals surface area contributed by atoms with Gasteiger partial charge in [-0.05, 0) is 48.5 Å². The Balaban J connectivity index is 1.73. The minimum atomic E-state index is -0.607. The fraction of sp³-hybridized carbons (Fsp3) is 0.294. The minimum Gasteiger partial charge on any atom is -0.497 e. The maximum Gasteiger partial charge on any atom is 0.119 e. The zero-order chi connectivity index (χ0) is 15.8. The molecule has 2 rings (SSSR count). The lowest BCUT2D eigenvalue weighted by Gasteiger charge is -2.14. The Labute approximate surface area is 130 Å². The van der Waals surface area contributed by atoms with Crippen molar-refractivity contribution >= 4 is 5.69 Å². The minimum absolute atomic E-state index is 0.218. The first-order chi connectivity index (χ1) is 10.7. The van der Waals surface area contributed by atoms with Gasteiger partial charge in [0.25, 0.3) is 0 Å². The molecule has 0 bridgehead atoms. The van der Waals surface area contributed by atoms with Crippen LogP contribution in [0.4, 0.5) is 5.69 Å². The lowest BCUT2D eigenvalue weighted by atomic mass is 10.3. The number of methoxy groups -OCH3 is 2. The van der Waals surface area contributed by atoms with Gasteiger partial charge in [-0.2, -0.15) is 0 Å². The summed E-state index contributed by atoms with van der Waals surface area (Å²) in [5.74, 6) is 2.27. The van der Waals surface area contributed by atoms with Gasteiger partial charge in [-0.15, -0.1) is 0 Å². The number of aliphatic hydroxyl groups excluding tert-OH is 1. The van der Waals surface area contributed by atoms with E-state index in [1.165, 1.54) is 0 Å². The zero-order valence-electron chi connectivity index (χ0n) is 12.8. The fourth-order valence-corrected chi connectivity index (χ4v) is 1.87. The standard InChI is InChI=1S/C17H21NO4/c1-20-15-5-3-13(4-6-15)18-11-14(19)12-22-17-9-7-16(21-2)8-10-17/h3-10,14,18-19H,11-12H2,1-2H3/t14-/m0/s1. The molecule has 0 aliphatic heterocycles. The molecule has 0 unspecified atom stereocenters. The number of benzene rings is 2. The van der Waals surface area contributed by atoms with Gasteiger partial charge in [0.15, 0.2) is 0 Å². The quantitative estimate of drug-likeness (QED) is 0.785. The van der Waals surface area contributed by atoms with Crippen LogP contribution in [-0.4, -0.2) is 38.6 Å². The first kappa shape index (κ1) is 16.0. The number of aliphatic hydroxyl groups is 1. The highest BCUT2D eigenvalue weighted by Crippen LogP contribution is 2.17. The van der Waals surface area contributed by atoms with E-state index in [0.717, 1.165) is 17.2 Å². The second-order valence-corrected chi connectivity index (χ2v) is 4.75. The van der Waals surface area contributed by atoms with E-state index in [1.807, 2.05) is 48.5 Å². The Kier molecular flexibility index (Phi) is 5.91. The van der Waals surface area contributed by atoms with Gasteiger partial charge < -0.3 is 24.6 Å². The third kappa shape index (κ3) is 4.86. The van der Waals surface area contributed by atoms with Crippen LogP contribution in [-0.2, 0) is 0 Å². The third-order valence-electron chi connectivity index (χ3n) is 3.13. The number of rotatable bonds is 8. The van der Waals surface area contributed by atoms with Crippen molar-refractivity contribution in [1.29, 1.82) is 0 Å². The van der Waals surface area contributed by atoms with Crippen LogP contribution in [0, 0.1) is 0 Å². The highest BCUT2D eigenvalue weighted by atomic mass is 16.5. The van der Waals surface area contributed by atoms with Crippen molar-refractivity contribution in [3.05, 3.63) is 48.5 Å². The van der Waals surface area contributed by atoms with Crippen LogP contribution in [0.1, 0.15) is 0 Å². The van der Waals surface area contributed by atoms with E-state index in [9.17, 15) is 5.11 Å². The van der Waals surface area contributed by atoms with E-state index in [2.05, 4.69) is 5.32 Å². The van der Waals surface area contributed by atoms with Gasteiger partial charge in [0.05, 0.1) is 14.2 Å². The molecule has 0 saturated heterocycles. The van der Waals surface area contributed by atoms with Crippen LogP contribution in [0.3, 0.4) is 0 Å². The lowest BCUT2D eigenvalue weighted by molar-refractivity contribution is 0.117. The van der Waals surface area contributed by atoms with Crippen LogP contribution < -0.4 is 19.5 Å². The SMILES string of the molecule is COc1ccc(NC[C@H](O)COc2ccc(OC)cc2)cc1. The van der Waals surface area contributed by atoms with Crippen molar-refractivity contribution in [2.45, 2.75) is 6.10 Å². The van der Waals surface area contributed by atoms with E-state index < -0.39 is 6.10 Å². The molecule has 2 N–H and O–H groups in total. The molecule has 1 atom stereocenters. The Morgan fingerprint density at radius 3 is 1.91 bits per heavy atom. The van der Waals surface area contributed by atoms with Gasteiger partial charge in [-0.3, -0.25) is 0 Å². The van der Waals surface area contributed by atoms with Gasteiger partial charge in [0.2, 0.25) is 0 Å². The predicted molar refractivity (Wildman–Crippen MR) is 86.0 cm³/mol. The molecule has 0 heterocycles. The van der Waals surface area contributed by atoms with E-state index in [-0.39, 0.29) is 6.61 Å². The molecule has 0 spiro atoms. The predicted octanol–water partition coefficient (Wildman–Crippen LogP) is 2.56. The molecule has 0 radical (unpaired) electrons. The van der Waals surface area contributed by atoms with Crippen molar-refractivity contribution in [2.24, 2.45) is 0 Å². The number of nitrogens with one attached hydrogen (secondary N) is 1. The molecular weight excluding hydrogens is 282 g/mol. The highest BCUT2D eigenvalue weighted by molar-refractivity contribution is 5.46. The van der Waals surface area contributed by atoms with Crippen LogP contribution in [0.2, 0.25) is 0 Å². The summed E-state index contributed by atoms with van der Waals surface area (Å²) in [6.45, 7) is 0.623. The number of hydrogen-bond donors (Lipinski definition) is 2. The first-order valence-electron chi connectivity index (χ1n) is 7.04. The zero-order valence-corrected chi connectivity index (χ0v) is 12.8. The number of ether oxygens (including phenoxy) is 3. The molecular formula is C17H21NO4. The Hall–Kier alpha value is -2.40. The van der Waals surface area contributed by atoms with Crippen molar-refractivity contribution in [2.75, 3.05) is 32.7 Å². The maximum absolute atomic E-state index is 9.94. The summed E-state index contributed by atoms with van der Waals surface area (Å²) in [6.07, 6.45) is -0.607. The van der Waals surface area contributed by atoms with Crippen molar-refractivity contribution < 1.29 is 19.3 Å². The van der Waals surface area contributed by atoms with E-state index in [0.29, 0.717) is 12.3 Å². The topological polar surface area (TPSA) is 60.0 Å². The molecule has 0 aromatic heterocycles. The molecule has 118 valence electrons. The smallest absolute Gasteiger partial charge is 0.119 e. The van der Waals surface area contributed by atoms with Crippen LogP contribution in [0.15, 0.2) is 48.5 Å². The molecule has 5 heteroatoms. The Bertz CT molecular complexity index is 502. The third-order valence-corrected chi connectivity index (χ3v) is 3.13. The molecule has 0 fully saturated rings. The molecule has 0 saturated carbocycles. The lowest BCUT2D eigenvalue weighted by Crippen LogP contribution is -2.26. The molecule has 0 amide bonds. The summed E-state index contributed by atoms with van der Waals surface area (Å²) in [4.78, 5) is 0. The van der Waals surface area contributed by atoms with Crippen molar-refractivity contribution in [1.82, 2.24) is 0 Å². The van der Waals surface area contributed by atoms with E-state index >= 15 is 0 Å². The van der Waals surface area contributed by atoms with E-state index in [1.54, 1.807) is 14.2 Å². The normalized spacial score (nSPS) is 11.6. The monoisotopic (exact) mass is 303 g/mol. The van der Waals surface area contributed by atoms with Gasteiger partial charge >= 0.3 is 0 Å². The summed E-state index contributed by atoms with van der Waals surface area (Å²) < 4.78 is 15.7. The van der Waals surface area contributed by atoms with Crippen LogP contribution in [0.25, 0.3) is 0 Å². The van der Waals surface area contributed by atoms with Crippen LogP contribution >= 0.6 is 0 Å². The van der Waals surface area contributed by atoms with E-state index in [4.69, 9.17) is 14.2 Å². The van der Waals surface area contributed by atoms with Crippen LogP contribution in [0.5, 0.6) is 17.2 Å². The summed E-state index contributed by atoms with van der Waals surface area (Å²) in [7, 11) is 3.24. The van der Waals surface area contributed by atoms with Gasteiger partial charge in [-0.1, -0.05) is 0 Å². The molecule has 2 aromatic rings. The Morgan fingerprint density at radius 2 is 1.36 bits per heavy atom. The maximum atomic E-state index is 9.94. The van der Waals surface area contributed by atoms with Crippen molar-refractivity contribution in [3.63, 3.8) is 0 Å². The summed E-state index contributed by atoms with van der Waals surface area (Å²) in [5, 5.41) is 13.1. The average Bonchev–Trinajstić information content (AvgIpc) is 2.59. The molecule has 0 aliphatic carbocycles. The number of hydrogen-bond acceptors (Lipinski definition) is 5. The Morgan fingerprint density at radius 1 is 0.864 bits per heavy atom. The molecule has 5 nitrogen and oxygen atoms in total.